The number of carbonyl (C=O) groups is 2. The number of hydrogen-bond acceptors (Lipinski definition) is 3. The molecule has 0 aliphatic heterocycles. The number of para-hydroxylation sites is 1. The minimum absolute atomic E-state index is 0.0610. The monoisotopic (exact) mass is 520 g/mol. The summed E-state index contributed by atoms with van der Waals surface area (Å²) in [5.41, 5.74) is 2.20. The van der Waals surface area contributed by atoms with Crippen LogP contribution in [0.25, 0.3) is 0 Å². The van der Waals surface area contributed by atoms with Gasteiger partial charge in [-0.25, -0.2) is 0 Å². The van der Waals surface area contributed by atoms with Gasteiger partial charge in [-0.15, -0.1) is 0 Å². The quantitative estimate of drug-likeness (QED) is 0.432. The maximum absolute atomic E-state index is 13.0. The first kappa shape index (κ1) is 24.0. The summed E-state index contributed by atoms with van der Waals surface area (Å²) in [6, 6.07) is 25.2. The van der Waals surface area contributed by atoms with Crippen molar-refractivity contribution in [2.75, 3.05) is 13.7 Å². The summed E-state index contributed by atoms with van der Waals surface area (Å²) in [6.45, 7) is 0.527. The van der Waals surface area contributed by atoms with E-state index in [0.717, 1.165) is 30.2 Å². The van der Waals surface area contributed by atoms with Gasteiger partial charge in [0.2, 0.25) is 0 Å². The molecule has 0 atom stereocenters. The lowest BCUT2D eigenvalue weighted by atomic mass is 9.68. The first-order valence-corrected chi connectivity index (χ1v) is 12.3. The van der Waals surface area contributed by atoms with Gasteiger partial charge in [-0.1, -0.05) is 54.6 Å². The minimum atomic E-state index is -0.187. The Hall–Kier alpha value is -3.12. The van der Waals surface area contributed by atoms with E-state index in [1.165, 1.54) is 5.56 Å². The first-order valence-electron chi connectivity index (χ1n) is 11.5. The lowest BCUT2D eigenvalue weighted by Crippen LogP contribution is -2.47. The van der Waals surface area contributed by atoms with Crippen LogP contribution in [0.15, 0.2) is 83.3 Å². The van der Waals surface area contributed by atoms with Crippen LogP contribution in [0.4, 0.5) is 0 Å². The molecule has 3 aromatic rings. The highest BCUT2D eigenvalue weighted by atomic mass is 79.9. The van der Waals surface area contributed by atoms with Gasteiger partial charge in [0.25, 0.3) is 11.8 Å². The maximum atomic E-state index is 13.0. The van der Waals surface area contributed by atoms with Gasteiger partial charge in [-0.2, -0.15) is 0 Å². The summed E-state index contributed by atoms with van der Waals surface area (Å²) >= 11 is 3.46. The van der Waals surface area contributed by atoms with E-state index < -0.39 is 0 Å². The summed E-state index contributed by atoms with van der Waals surface area (Å²) in [5, 5.41) is 6.36. The topological polar surface area (TPSA) is 67.4 Å². The van der Waals surface area contributed by atoms with E-state index in [2.05, 4.69) is 38.7 Å². The molecular formula is C28H29BrN2O3. The predicted octanol–water partition coefficient (Wildman–Crippen LogP) is 5.50. The molecule has 2 N–H and O–H groups in total. The molecule has 1 aliphatic carbocycles. The largest absolute Gasteiger partial charge is 0.496 e. The highest BCUT2D eigenvalue weighted by Crippen LogP contribution is 2.39. The molecular weight excluding hydrogens is 492 g/mol. The molecule has 0 radical (unpaired) electrons. The van der Waals surface area contributed by atoms with Crippen molar-refractivity contribution < 1.29 is 14.3 Å². The fourth-order valence-electron chi connectivity index (χ4n) is 4.76. The van der Waals surface area contributed by atoms with Crippen LogP contribution in [0.2, 0.25) is 0 Å². The second kappa shape index (κ2) is 10.9. The van der Waals surface area contributed by atoms with Crippen LogP contribution in [0.1, 0.15) is 52.0 Å². The van der Waals surface area contributed by atoms with Crippen molar-refractivity contribution >= 4 is 27.7 Å². The van der Waals surface area contributed by atoms with E-state index in [-0.39, 0.29) is 23.3 Å². The minimum Gasteiger partial charge on any atom is -0.496 e. The van der Waals surface area contributed by atoms with E-state index in [9.17, 15) is 9.59 Å². The average molecular weight is 521 g/mol. The van der Waals surface area contributed by atoms with Crippen molar-refractivity contribution in [1.29, 1.82) is 0 Å². The Kier molecular flexibility index (Phi) is 7.68. The predicted molar refractivity (Wildman–Crippen MR) is 137 cm³/mol. The van der Waals surface area contributed by atoms with Gasteiger partial charge < -0.3 is 15.4 Å². The Morgan fingerprint density at radius 1 is 0.882 bits per heavy atom. The molecule has 0 bridgehead atoms. The molecule has 2 amide bonds. The molecule has 0 heterocycles. The van der Waals surface area contributed by atoms with Gasteiger partial charge in [-0.3, -0.25) is 9.59 Å². The van der Waals surface area contributed by atoms with Crippen LogP contribution < -0.4 is 15.4 Å². The second-order valence-corrected chi connectivity index (χ2v) is 9.61. The highest BCUT2D eigenvalue weighted by Gasteiger charge is 2.38. The number of methoxy groups -OCH3 is 1. The van der Waals surface area contributed by atoms with Crippen molar-refractivity contribution in [3.63, 3.8) is 0 Å². The first-order chi connectivity index (χ1) is 16.5. The zero-order valence-electron chi connectivity index (χ0n) is 19.2. The number of amides is 2. The summed E-state index contributed by atoms with van der Waals surface area (Å²) in [7, 11) is 1.57. The lowest BCUT2D eigenvalue weighted by molar-refractivity contribution is 0.0909. The molecule has 176 valence electrons. The van der Waals surface area contributed by atoms with Crippen molar-refractivity contribution in [2.45, 2.75) is 37.1 Å². The summed E-state index contributed by atoms with van der Waals surface area (Å²) in [5.74, 6) is 0.360. The van der Waals surface area contributed by atoms with Crippen LogP contribution in [0, 0.1) is 0 Å². The van der Waals surface area contributed by atoms with Crippen molar-refractivity contribution in [3.8, 4) is 5.75 Å². The Morgan fingerprint density at radius 2 is 1.50 bits per heavy atom. The van der Waals surface area contributed by atoms with E-state index >= 15 is 0 Å². The lowest BCUT2D eigenvalue weighted by Gasteiger charge is -2.41. The third kappa shape index (κ3) is 5.33. The smallest absolute Gasteiger partial charge is 0.255 e. The number of benzene rings is 3. The molecule has 0 aromatic heterocycles. The molecule has 1 fully saturated rings. The van der Waals surface area contributed by atoms with Gasteiger partial charge in [0.05, 0.1) is 18.2 Å². The fraction of sp³-hybridized carbons (Fsp3) is 0.286. The van der Waals surface area contributed by atoms with Crippen LogP contribution >= 0.6 is 15.9 Å². The average Bonchev–Trinajstić information content (AvgIpc) is 2.89. The molecule has 0 unspecified atom stereocenters. The zero-order valence-corrected chi connectivity index (χ0v) is 20.8. The van der Waals surface area contributed by atoms with E-state index in [1.807, 2.05) is 54.6 Å². The summed E-state index contributed by atoms with van der Waals surface area (Å²) < 4.78 is 6.15. The Morgan fingerprint density at radius 3 is 2.18 bits per heavy atom. The molecule has 4 rings (SSSR count). The van der Waals surface area contributed by atoms with Crippen LogP contribution in [-0.4, -0.2) is 31.5 Å². The SMILES string of the molecule is COc1ccccc1C(=O)NCC1(c2ccccc2)CCC(NC(=O)c2ccccc2Br)CC1. The molecule has 3 aromatic carbocycles. The third-order valence-electron chi connectivity index (χ3n) is 6.72. The number of hydrogen-bond donors (Lipinski definition) is 2. The number of nitrogens with one attached hydrogen (secondary N) is 2. The van der Waals surface area contributed by atoms with Crippen LogP contribution in [-0.2, 0) is 5.41 Å². The normalized spacial score (nSPS) is 19.8. The molecule has 34 heavy (non-hydrogen) atoms. The van der Waals surface area contributed by atoms with Crippen LogP contribution in [0.3, 0.4) is 0 Å². The molecule has 0 spiro atoms. The molecule has 1 aliphatic rings. The van der Waals surface area contributed by atoms with Gasteiger partial charge in [0, 0.05) is 22.5 Å². The number of carbonyl (C=O) groups excluding carboxylic acids is 2. The van der Waals surface area contributed by atoms with E-state index in [0.29, 0.717) is 23.4 Å². The number of rotatable bonds is 7. The standard InChI is InChI=1S/C28H29BrN2O3/c1-34-25-14-8-6-12-23(25)26(32)30-19-28(20-9-3-2-4-10-20)17-15-21(16-18-28)31-27(33)22-11-5-7-13-24(22)29/h2-14,21H,15-19H2,1H3,(H,30,32)(H,31,33). The Labute approximate surface area is 209 Å². The van der Waals surface area contributed by atoms with Crippen molar-refractivity contribution in [2.24, 2.45) is 0 Å². The van der Waals surface area contributed by atoms with E-state index in [4.69, 9.17) is 4.74 Å². The molecule has 6 heteroatoms. The molecule has 5 nitrogen and oxygen atoms in total. The van der Waals surface area contributed by atoms with Crippen LogP contribution in [0.5, 0.6) is 5.75 Å². The number of halogens is 1. The van der Waals surface area contributed by atoms with Gasteiger partial charge in [0.1, 0.15) is 5.75 Å². The Bertz CT molecular complexity index is 1140. The highest BCUT2D eigenvalue weighted by molar-refractivity contribution is 9.10. The molecule has 0 saturated heterocycles. The zero-order chi connectivity index (χ0) is 24.0. The second-order valence-electron chi connectivity index (χ2n) is 8.76. The molecule has 1 saturated carbocycles. The Balaban J connectivity index is 1.46. The third-order valence-corrected chi connectivity index (χ3v) is 7.41. The summed E-state index contributed by atoms with van der Waals surface area (Å²) in [6.07, 6.45) is 3.42. The van der Waals surface area contributed by atoms with Crippen molar-refractivity contribution in [3.05, 3.63) is 100 Å². The summed E-state index contributed by atoms with van der Waals surface area (Å²) in [4.78, 5) is 25.8. The van der Waals surface area contributed by atoms with Gasteiger partial charge in [-0.05, 0) is 71.4 Å². The van der Waals surface area contributed by atoms with Crippen molar-refractivity contribution in [1.82, 2.24) is 10.6 Å². The van der Waals surface area contributed by atoms with Gasteiger partial charge in [0.15, 0.2) is 0 Å². The fourth-order valence-corrected chi connectivity index (χ4v) is 5.22. The number of ether oxygens (including phenoxy) is 1. The van der Waals surface area contributed by atoms with E-state index in [1.54, 1.807) is 19.2 Å². The maximum Gasteiger partial charge on any atom is 0.255 e. The van der Waals surface area contributed by atoms with Gasteiger partial charge >= 0.3 is 0 Å².